The van der Waals surface area contributed by atoms with E-state index in [-0.39, 0.29) is 0 Å². The van der Waals surface area contributed by atoms with Crippen LogP contribution in [0.1, 0.15) is 12.5 Å². The van der Waals surface area contributed by atoms with Gasteiger partial charge in [0.15, 0.2) is 5.65 Å². The smallest absolute Gasteiger partial charge is 0.162 e. The molecule has 4 heteroatoms. The van der Waals surface area contributed by atoms with Crippen molar-refractivity contribution in [3.8, 4) is 0 Å². The summed E-state index contributed by atoms with van der Waals surface area (Å²) in [7, 11) is 0. The van der Waals surface area contributed by atoms with Crippen LogP contribution in [0.5, 0.6) is 0 Å². The summed E-state index contributed by atoms with van der Waals surface area (Å²) in [6.45, 7) is 2.13. The molecular weight excluding hydrogens is 188 g/mol. The second kappa shape index (κ2) is 3.02. The van der Waals surface area contributed by atoms with Crippen LogP contribution in [0.25, 0.3) is 16.7 Å². The topological polar surface area (TPSA) is 43.1 Å². The molecule has 0 aliphatic rings. The van der Waals surface area contributed by atoms with E-state index in [9.17, 15) is 0 Å². The first kappa shape index (κ1) is 8.35. The molecule has 0 bridgehead atoms. The molecule has 0 saturated heterocycles. The molecule has 0 spiro atoms. The van der Waals surface area contributed by atoms with E-state index in [1.54, 1.807) is 12.5 Å². The third kappa shape index (κ3) is 1.11. The van der Waals surface area contributed by atoms with E-state index in [1.807, 2.05) is 10.5 Å². The Kier molecular flexibility index (Phi) is 1.68. The maximum Gasteiger partial charge on any atom is 0.162 e. The number of hydrogen-bond donors (Lipinski definition) is 0. The Morgan fingerprint density at radius 1 is 1.40 bits per heavy atom. The predicted molar refractivity (Wildman–Crippen MR) is 57.7 cm³/mol. The molecule has 3 aromatic rings. The highest BCUT2D eigenvalue weighted by Crippen LogP contribution is 2.19. The lowest BCUT2D eigenvalue weighted by Crippen LogP contribution is -1.94. The molecule has 0 fully saturated rings. The Hall–Kier alpha value is -1.97. The standard InChI is InChI=1S/C11H10N4/c1-2-8-6-10-14-13-7-15(10)11-9(8)4-3-5-12-11/h3-7H,2H2,1H3. The highest BCUT2D eigenvalue weighted by molar-refractivity contribution is 5.82. The molecule has 0 aliphatic heterocycles. The maximum atomic E-state index is 4.37. The minimum atomic E-state index is 0.859. The van der Waals surface area contributed by atoms with Crippen LogP contribution < -0.4 is 0 Å². The second-order valence-electron chi connectivity index (χ2n) is 3.46. The summed E-state index contributed by atoms with van der Waals surface area (Å²) in [6, 6.07) is 6.11. The number of fused-ring (bicyclic) bond motifs is 3. The molecule has 0 atom stereocenters. The van der Waals surface area contributed by atoms with Gasteiger partial charge in [-0.15, -0.1) is 10.2 Å². The molecule has 0 radical (unpaired) electrons. The van der Waals surface area contributed by atoms with E-state index in [2.05, 4.69) is 34.2 Å². The molecular formula is C11H10N4. The zero-order valence-electron chi connectivity index (χ0n) is 8.38. The SMILES string of the molecule is CCc1cc2nncn2c2ncccc12. The van der Waals surface area contributed by atoms with Gasteiger partial charge >= 0.3 is 0 Å². The fourth-order valence-corrected chi connectivity index (χ4v) is 1.87. The highest BCUT2D eigenvalue weighted by atomic mass is 15.2. The van der Waals surface area contributed by atoms with Crippen LogP contribution in [0, 0.1) is 0 Å². The number of hydrogen-bond acceptors (Lipinski definition) is 3. The molecule has 0 aliphatic carbocycles. The van der Waals surface area contributed by atoms with Crippen molar-refractivity contribution in [2.45, 2.75) is 13.3 Å². The Bertz CT molecular complexity index is 627. The van der Waals surface area contributed by atoms with Gasteiger partial charge in [-0.1, -0.05) is 6.92 Å². The summed E-state index contributed by atoms with van der Waals surface area (Å²) in [4.78, 5) is 4.37. The van der Waals surface area contributed by atoms with Gasteiger partial charge in [-0.3, -0.25) is 4.40 Å². The van der Waals surface area contributed by atoms with Crippen LogP contribution in [0.4, 0.5) is 0 Å². The minimum absolute atomic E-state index is 0.859. The van der Waals surface area contributed by atoms with E-state index in [0.29, 0.717) is 0 Å². The Morgan fingerprint density at radius 2 is 2.33 bits per heavy atom. The summed E-state index contributed by atoms with van der Waals surface area (Å²) in [5.74, 6) is 0. The Morgan fingerprint density at radius 3 is 3.20 bits per heavy atom. The van der Waals surface area contributed by atoms with Crippen LogP contribution in [-0.2, 0) is 6.42 Å². The third-order valence-corrected chi connectivity index (χ3v) is 2.62. The predicted octanol–water partition coefficient (Wildman–Crippen LogP) is 1.84. The number of pyridine rings is 2. The summed E-state index contributed by atoms with van der Waals surface area (Å²) in [5.41, 5.74) is 3.05. The highest BCUT2D eigenvalue weighted by Gasteiger charge is 2.06. The lowest BCUT2D eigenvalue weighted by atomic mass is 10.1. The maximum absolute atomic E-state index is 4.37. The third-order valence-electron chi connectivity index (χ3n) is 2.62. The van der Waals surface area contributed by atoms with Gasteiger partial charge in [0, 0.05) is 11.6 Å². The van der Waals surface area contributed by atoms with Gasteiger partial charge in [-0.05, 0) is 30.2 Å². The quantitative estimate of drug-likeness (QED) is 0.599. The van der Waals surface area contributed by atoms with Gasteiger partial charge in [-0.25, -0.2) is 4.98 Å². The molecule has 15 heavy (non-hydrogen) atoms. The lowest BCUT2D eigenvalue weighted by Gasteiger charge is -2.04. The van der Waals surface area contributed by atoms with Crippen molar-refractivity contribution in [3.63, 3.8) is 0 Å². The van der Waals surface area contributed by atoms with Crippen LogP contribution in [0.15, 0.2) is 30.7 Å². The van der Waals surface area contributed by atoms with Gasteiger partial charge in [0.1, 0.15) is 12.0 Å². The van der Waals surface area contributed by atoms with E-state index in [1.165, 1.54) is 10.9 Å². The van der Waals surface area contributed by atoms with Gasteiger partial charge < -0.3 is 0 Å². The zero-order chi connectivity index (χ0) is 10.3. The Labute approximate surface area is 86.6 Å². The molecule has 0 amide bonds. The summed E-state index contributed by atoms with van der Waals surface area (Å²) in [6.07, 6.45) is 4.47. The first-order valence-electron chi connectivity index (χ1n) is 4.96. The van der Waals surface area contributed by atoms with Crippen molar-refractivity contribution in [2.24, 2.45) is 0 Å². The van der Waals surface area contributed by atoms with Gasteiger partial charge in [0.2, 0.25) is 0 Å². The van der Waals surface area contributed by atoms with Crippen molar-refractivity contribution in [2.75, 3.05) is 0 Å². The fraction of sp³-hybridized carbons (Fsp3) is 0.182. The average Bonchev–Trinajstić information content (AvgIpc) is 2.76. The van der Waals surface area contributed by atoms with Crippen molar-refractivity contribution >= 4 is 16.7 Å². The molecule has 0 N–H and O–H groups in total. The number of aromatic nitrogens is 4. The summed E-state index contributed by atoms with van der Waals surface area (Å²) >= 11 is 0. The lowest BCUT2D eigenvalue weighted by molar-refractivity contribution is 1.10. The minimum Gasteiger partial charge on any atom is -0.265 e. The largest absolute Gasteiger partial charge is 0.265 e. The summed E-state index contributed by atoms with van der Waals surface area (Å²) < 4.78 is 1.91. The number of rotatable bonds is 1. The van der Waals surface area contributed by atoms with E-state index in [0.717, 1.165) is 17.7 Å². The normalized spacial score (nSPS) is 11.3. The van der Waals surface area contributed by atoms with E-state index < -0.39 is 0 Å². The monoisotopic (exact) mass is 198 g/mol. The van der Waals surface area contributed by atoms with Crippen molar-refractivity contribution in [1.29, 1.82) is 0 Å². The number of nitrogens with zero attached hydrogens (tertiary/aromatic N) is 4. The van der Waals surface area contributed by atoms with Crippen LogP contribution in [-0.4, -0.2) is 19.6 Å². The van der Waals surface area contributed by atoms with E-state index >= 15 is 0 Å². The summed E-state index contributed by atoms with van der Waals surface area (Å²) in [5, 5.41) is 9.12. The fourth-order valence-electron chi connectivity index (χ4n) is 1.87. The van der Waals surface area contributed by atoms with E-state index in [4.69, 9.17) is 0 Å². The van der Waals surface area contributed by atoms with Gasteiger partial charge in [-0.2, -0.15) is 0 Å². The van der Waals surface area contributed by atoms with Crippen molar-refractivity contribution in [3.05, 3.63) is 36.3 Å². The van der Waals surface area contributed by atoms with Crippen LogP contribution >= 0.6 is 0 Å². The molecule has 4 nitrogen and oxygen atoms in total. The number of aryl methyl sites for hydroxylation is 1. The molecule has 3 aromatic heterocycles. The second-order valence-corrected chi connectivity index (χ2v) is 3.46. The van der Waals surface area contributed by atoms with Crippen molar-refractivity contribution < 1.29 is 0 Å². The average molecular weight is 198 g/mol. The molecule has 3 heterocycles. The zero-order valence-corrected chi connectivity index (χ0v) is 8.38. The molecule has 3 rings (SSSR count). The van der Waals surface area contributed by atoms with Crippen LogP contribution in [0.3, 0.4) is 0 Å². The molecule has 74 valence electrons. The van der Waals surface area contributed by atoms with Crippen molar-refractivity contribution in [1.82, 2.24) is 19.6 Å². The first-order valence-corrected chi connectivity index (χ1v) is 4.96. The molecule has 0 aromatic carbocycles. The van der Waals surface area contributed by atoms with Gasteiger partial charge in [0.05, 0.1) is 0 Å². The molecule has 0 saturated carbocycles. The van der Waals surface area contributed by atoms with Crippen LogP contribution in [0.2, 0.25) is 0 Å². The Balaban J connectivity index is 2.58. The van der Waals surface area contributed by atoms with Gasteiger partial charge in [0.25, 0.3) is 0 Å². The molecule has 0 unspecified atom stereocenters. The first-order chi connectivity index (χ1) is 7.40.